The average molecular weight is 355 g/mol. The summed E-state index contributed by atoms with van der Waals surface area (Å²) in [6.07, 6.45) is 4.00. The maximum Gasteiger partial charge on any atom is 0.253 e. The second kappa shape index (κ2) is 6.83. The molecule has 0 fully saturated rings. The average Bonchev–Trinajstić information content (AvgIpc) is 3.15. The molecule has 0 saturated heterocycles. The van der Waals surface area contributed by atoms with E-state index in [0.29, 0.717) is 25.3 Å². The van der Waals surface area contributed by atoms with Gasteiger partial charge in [-0.05, 0) is 20.3 Å². The monoisotopic (exact) mass is 355 g/mol. The van der Waals surface area contributed by atoms with Crippen molar-refractivity contribution >= 4 is 0 Å². The van der Waals surface area contributed by atoms with E-state index in [9.17, 15) is 4.79 Å². The molecule has 0 atom stereocenters. The Bertz CT molecular complexity index is 939. The third-order valence-electron chi connectivity index (χ3n) is 4.71. The Morgan fingerprint density at radius 1 is 1.23 bits per heavy atom. The van der Waals surface area contributed by atoms with Crippen molar-refractivity contribution in [3.8, 4) is 0 Å². The van der Waals surface area contributed by atoms with E-state index in [2.05, 4.69) is 20.1 Å². The molecule has 4 heterocycles. The fourth-order valence-electron chi connectivity index (χ4n) is 3.35. The Balaban J connectivity index is 1.60. The normalized spacial score (nSPS) is 15.0. The number of rotatable bonds is 4. The first-order chi connectivity index (χ1) is 12.6. The maximum absolute atomic E-state index is 12.5. The summed E-state index contributed by atoms with van der Waals surface area (Å²) >= 11 is 0. The fraction of sp³-hybridized carbons (Fsp3) is 0.471. The number of hydrogen-bond donors (Lipinski definition) is 0. The van der Waals surface area contributed by atoms with Crippen LogP contribution in [0.2, 0.25) is 0 Å². The molecule has 0 aromatic carbocycles. The van der Waals surface area contributed by atoms with Gasteiger partial charge in [0.1, 0.15) is 24.2 Å². The standard InChI is InChI=1S/C17H21N7O2/c1-12-15(13(2)26-21-12)8-22-4-3-5-24-16(9-22)20-14(6-17(24)25)7-23-11-18-10-19-23/h6,10-11H,3-5,7-9H2,1-2H3. The van der Waals surface area contributed by atoms with E-state index in [1.807, 2.05) is 13.8 Å². The van der Waals surface area contributed by atoms with E-state index in [0.717, 1.165) is 42.4 Å². The minimum absolute atomic E-state index is 0.00990. The van der Waals surface area contributed by atoms with E-state index in [1.54, 1.807) is 21.6 Å². The molecule has 1 aliphatic rings. The van der Waals surface area contributed by atoms with Gasteiger partial charge in [-0.25, -0.2) is 14.6 Å². The van der Waals surface area contributed by atoms with Gasteiger partial charge in [-0.15, -0.1) is 0 Å². The molecule has 9 nitrogen and oxygen atoms in total. The zero-order chi connectivity index (χ0) is 18.1. The highest BCUT2D eigenvalue weighted by atomic mass is 16.5. The predicted octanol–water partition coefficient (Wildman–Crippen LogP) is 0.894. The van der Waals surface area contributed by atoms with Crippen LogP contribution in [0, 0.1) is 13.8 Å². The van der Waals surface area contributed by atoms with Crippen molar-refractivity contribution in [3.05, 3.63) is 57.6 Å². The molecule has 0 bridgehead atoms. The van der Waals surface area contributed by atoms with Crippen molar-refractivity contribution in [3.63, 3.8) is 0 Å². The van der Waals surface area contributed by atoms with Crippen LogP contribution in [0.4, 0.5) is 0 Å². The van der Waals surface area contributed by atoms with Crippen LogP contribution in [0.3, 0.4) is 0 Å². The molecule has 3 aromatic heterocycles. The third kappa shape index (κ3) is 3.30. The van der Waals surface area contributed by atoms with Crippen LogP contribution in [0.5, 0.6) is 0 Å². The number of nitrogens with zero attached hydrogens (tertiary/aromatic N) is 7. The summed E-state index contributed by atoms with van der Waals surface area (Å²) in [5.41, 5.74) is 2.71. The molecule has 0 saturated carbocycles. The van der Waals surface area contributed by atoms with Crippen molar-refractivity contribution in [1.29, 1.82) is 0 Å². The fourth-order valence-corrected chi connectivity index (χ4v) is 3.35. The summed E-state index contributed by atoms with van der Waals surface area (Å²) in [4.78, 5) is 23.5. The number of aromatic nitrogens is 6. The molecule has 0 spiro atoms. The van der Waals surface area contributed by atoms with Gasteiger partial charge in [-0.3, -0.25) is 14.3 Å². The molecule has 0 unspecified atom stereocenters. The van der Waals surface area contributed by atoms with Crippen molar-refractivity contribution in [2.24, 2.45) is 0 Å². The molecule has 0 amide bonds. The van der Waals surface area contributed by atoms with E-state index in [1.165, 1.54) is 6.33 Å². The topological polar surface area (TPSA) is 94.9 Å². The van der Waals surface area contributed by atoms with Crippen LogP contribution >= 0.6 is 0 Å². The van der Waals surface area contributed by atoms with E-state index < -0.39 is 0 Å². The Morgan fingerprint density at radius 3 is 2.85 bits per heavy atom. The quantitative estimate of drug-likeness (QED) is 0.686. The Hall–Kier alpha value is -2.81. The van der Waals surface area contributed by atoms with Gasteiger partial charge in [0, 0.05) is 31.3 Å². The van der Waals surface area contributed by atoms with Gasteiger partial charge in [0.05, 0.1) is 24.5 Å². The van der Waals surface area contributed by atoms with Crippen LogP contribution in [0.15, 0.2) is 28.0 Å². The Kier molecular flexibility index (Phi) is 4.37. The second-order valence-electron chi connectivity index (χ2n) is 6.61. The maximum atomic E-state index is 12.5. The SMILES string of the molecule is Cc1noc(C)c1CN1CCCn2c(nc(Cn3cncn3)cc2=O)C1. The first-order valence-electron chi connectivity index (χ1n) is 8.66. The molecule has 3 aromatic rings. The lowest BCUT2D eigenvalue weighted by molar-refractivity contribution is 0.255. The molecule has 136 valence electrons. The summed E-state index contributed by atoms with van der Waals surface area (Å²) in [6, 6.07) is 1.59. The van der Waals surface area contributed by atoms with Crippen LogP contribution in [-0.4, -0.2) is 40.9 Å². The van der Waals surface area contributed by atoms with E-state index in [4.69, 9.17) is 9.51 Å². The van der Waals surface area contributed by atoms with Crippen molar-refractivity contribution < 1.29 is 4.52 Å². The molecular formula is C17H21N7O2. The first kappa shape index (κ1) is 16.6. The van der Waals surface area contributed by atoms with Gasteiger partial charge in [-0.1, -0.05) is 5.16 Å². The molecule has 9 heteroatoms. The zero-order valence-corrected chi connectivity index (χ0v) is 14.9. The summed E-state index contributed by atoms with van der Waals surface area (Å²) < 4.78 is 8.71. The molecule has 0 radical (unpaired) electrons. The van der Waals surface area contributed by atoms with Crippen LogP contribution < -0.4 is 5.56 Å². The van der Waals surface area contributed by atoms with Gasteiger partial charge >= 0.3 is 0 Å². The first-order valence-corrected chi connectivity index (χ1v) is 8.66. The lowest BCUT2D eigenvalue weighted by Crippen LogP contribution is -2.28. The van der Waals surface area contributed by atoms with Crippen molar-refractivity contribution in [1.82, 2.24) is 34.4 Å². The Morgan fingerprint density at radius 2 is 2.12 bits per heavy atom. The highest BCUT2D eigenvalue weighted by Crippen LogP contribution is 2.18. The summed E-state index contributed by atoms with van der Waals surface area (Å²) in [5, 5.41) is 8.12. The molecule has 1 aliphatic heterocycles. The van der Waals surface area contributed by atoms with E-state index >= 15 is 0 Å². The van der Waals surface area contributed by atoms with Crippen LogP contribution in [0.25, 0.3) is 0 Å². The van der Waals surface area contributed by atoms with E-state index in [-0.39, 0.29) is 5.56 Å². The molecule has 26 heavy (non-hydrogen) atoms. The van der Waals surface area contributed by atoms with Gasteiger partial charge < -0.3 is 4.52 Å². The summed E-state index contributed by atoms with van der Waals surface area (Å²) in [5.74, 6) is 1.63. The summed E-state index contributed by atoms with van der Waals surface area (Å²) in [6.45, 7) is 7.26. The van der Waals surface area contributed by atoms with Crippen molar-refractivity contribution in [2.75, 3.05) is 6.54 Å². The minimum Gasteiger partial charge on any atom is -0.361 e. The van der Waals surface area contributed by atoms with Crippen LogP contribution in [0.1, 0.15) is 35.0 Å². The molecule has 0 aliphatic carbocycles. The molecule has 0 N–H and O–H groups in total. The number of hydrogen-bond acceptors (Lipinski definition) is 7. The molecule has 4 rings (SSSR count). The van der Waals surface area contributed by atoms with Crippen molar-refractivity contribution in [2.45, 2.75) is 46.4 Å². The largest absolute Gasteiger partial charge is 0.361 e. The molecular weight excluding hydrogens is 334 g/mol. The van der Waals surface area contributed by atoms with Gasteiger partial charge in [0.2, 0.25) is 0 Å². The third-order valence-corrected chi connectivity index (χ3v) is 4.71. The van der Waals surface area contributed by atoms with Crippen LogP contribution in [-0.2, 0) is 26.2 Å². The smallest absolute Gasteiger partial charge is 0.253 e. The van der Waals surface area contributed by atoms with Gasteiger partial charge in [-0.2, -0.15) is 5.10 Å². The number of aryl methyl sites for hydroxylation is 2. The summed E-state index contributed by atoms with van der Waals surface area (Å²) in [7, 11) is 0. The van der Waals surface area contributed by atoms with Gasteiger partial charge in [0.15, 0.2) is 0 Å². The Labute approximate surface area is 150 Å². The number of fused-ring (bicyclic) bond motifs is 1. The lowest BCUT2D eigenvalue weighted by atomic mass is 10.2. The predicted molar refractivity (Wildman–Crippen MR) is 92.3 cm³/mol. The second-order valence-corrected chi connectivity index (χ2v) is 6.61. The lowest BCUT2D eigenvalue weighted by Gasteiger charge is -2.19. The highest BCUT2D eigenvalue weighted by Gasteiger charge is 2.20. The zero-order valence-electron chi connectivity index (χ0n) is 14.9. The minimum atomic E-state index is -0.00990. The highest BCUT2D eigenvalue weighted by molar-refractivity contribution is 5.20. The van der Waals surface area contributed by atoms with Gasteiger partial charge in [0.25, 0.3) is 5.56 Å².